The fourth-order valence-electron chi connectivity index (χ4n) is 0.670. The van der Waals surface area contributed by atoms with Crippen LogP contribution in [-0.4, -0.2) is 24.2 Å². The average Bonchev–Trinajstić information content (AvgIpc) is 1.98. The molecule has 0 aromatic carbocycles. The minimum atomic E-state index is -1.25. The van der Waals surface area contributed by atoms with E-state index in [-0.39, 0.29) is 11.5 Å². The van der Waals surface area contributed by atoms with Crippen molar-refractivity contribution < 1.29 is 19.4 Å². The van der Waals surface area contributed by atoms with Crippen molar-refractivity contribution in [2.24, 2.45) is 5.92 Å². The zero-order valence-corrected chi connectivity index (χ0v) is 7.33. The first-order valence-electron chi connectivity index (χ1n) is 3.52. The molecular weight excluding hydrogens is 160 g/mol. The van der Waals surface area contributed by atoms with E-state index in [1.54, 1.807) is 13.8 Å². The normalized spacial score (nSPS) is 11.5. The summed E-state index contributed by atoms with van der Waals surface area (Å²) in [5.41, 5.74) is -0.312. The number of hydrogen-bond donors (Lipinski definition) is 1. The van der Waals surface area contributed by atoms with Crippen LogP contribution in [0.1, 0.15) is 13.8 Å². The monoisotopic (exact) mass is 172 g/mol. The fraction of sp³-hybridized carbons (Fsp3) is 0.500. The van der Waals surface area contributed by atoms with Crippen LogP contribution in [0.2, 0.25) is 0 Å². The third-order valence-corrected chi connectivity index (χ3v) is 1.14. The van der Waals surface area contributed by atoms with E-state index < -0.39 is 11.9 Å². The van der Waals surface area contributed by atoms with Crippen LogP contribution in [0, 0.1) is 5.92 Å². The third-order valence-electron chi connectivity index (χ3n) is 1.14. The molecule has 0 saturated heterocycles. The average molecular weight is 172 g/mol. The zero-order valence-electron chi connectivity index (χ0n) is 7.33. The Kier molecular flexibility index (Phi) is 4.04. The lowest BCUT2D eigenvalue weighted by Crippen LogP contribution is -2.14. The molecule has 1 N–H and O–H groups in total. The molecule has 68 valence electrons. The van der Waals surface area contributed by atoms with Gasteiger partial charge >= 0.3 is 11.9 Å². The van der Waals surface area contributed by atoms with Gasteiger partial charge in [0.25, 0.3) is 0 Å². The van der Waals surface area contributed by atoms with Gasteiger partial charge in [0.05, 0.1) is 7.11 Å². The molecule has 4 nitrogen and oxygen atoms in total. The molecule has 0 heterocycles. The van der Waals surface area contributed by atoms with Crippen molar-refractivity contribution in [3.63, 3.8) is 0 Å². The Morgan fingerprint density at radius 3 is 2.17 bits per heavy atom. The second-order valence-corrected chi connectivity index (χ2v) is 2.62. The highest BCUT2D eigenvalue weighted by Crippen LogP contribution is 2.04. The van der Waals surface area contributed by atoms with Crippen LogP contribution in [0.25, 0.3) is 0 Å². The molecule has 12 heavy (non-hydrogen) atoms. The maximum atomic E-state index is 10.8. The highest BCUT2D eigenvalue weighted by atomic mass is 16.5. The fourth-order valence-corrected chi connectivity index (χ4v) is 0.670. The minimum Gasteiger partial charge on any atom is -0.477 e. The van der Waals surface area contributed by atoms with Gasteiger partial charge in [0.15, 0.2) is 0 Å². The lowest BCUT2D eigenvalue weighted by atomic mass is 10.1. The van der Waals surface area contributed by atoms with Crippen LogP contribution in [0.15, 0.2) is 11.6 Å². The number of aliphatic carboxylic acids is 1. The molecule has 0 radical (unpaired) electrons. The number of carbonyl (C=O) groups is 2. The van der Waals surface area contributed by atoms with Crippen molar-refractivity contribution in [1.29, 1.82) is 0 Å². The summed E-state index contributed by atoms with van der Waals surface area (Å²) in [4.78, 5) is 21.3. The first-order valence-corrected chi connectivity index (χ1v) is 3.52. The lowest BCUT2D eigenvalue weighted by molar-refractivity contribution is -0.142. The number of allylic oxidation sites excluding steroid dienone is 1. The molecule has 0 rings (SSSR count). The minimum absolute atomic E-state index is 0.00944. The molecule has 0 amide bonds. The Morgan fingerprint density at radius 2 is 1.92 bits per heavy atom. The summed E-state index contributed by atoms with van der Waals surface area (Å²) in [7, 11) is 1.15. The summed E-state index contributed by atoms with van der Waals surface area (Å²) in [6.07, 6.45) is 1.36. The summed E-state index contributed by atoms with van der Waals surface area (Å²) in [5.74, 6) is -2.05. The van der Waals surface area contributed by atoms with E-state index in [9.17, 15) is 9.59 Å². The van der Waals surface area contributed by atoms with Crippen molar-refractivity contribution in [2.75, 3.05) is 7.11 Å². The Balaban J connectivity index is 4.67. The Bertz CT molecular complexity index is 215. The molecule has 0 unspecified atom stereocenters. The molecule has 0 aliphatic heterocycles. The Hall–Kier alpha value is -1.32. The lowest BCUT2D eigenvalue weighted by Gasteiger charge is -2.01. The second-order valence-electron chi connectivity index (χ2n) is 2.62. The van der Waals surface area contributed by atoms with Crippen LogP contribution in [0.5, 0.6) is 0 Å². The van der Waals surface area contributed by atoms with E-state index in [0.717, 1.165) is 7.11 Å². The second kappa shape index (κ2) is 4.54. The van der Waals surface area contributed by atoms with Crippen LogP contribution >= 0.6 is 0 Å². The van der Waals surface area contributed by atoms with Gasteiger partial charge in [-0.2, -0.15) is 0 Å². The first kappa shape index (κ1) is 10.7. The van der Waals surface area contributed by atoms with Crippen molar-refractivity contribution in [3.8, 4) is 0 Å². The largest absolute Gasteiger partial charge is 0.477 e. The van der Waals surface area contributed by atoms with Crippen LogP contribution < -0.4 is 0 Å². The topological polar surface area (TPSA) is 63.6 Å². The third kappa shape index (κ3) is 3.18. The van der Waals surface area contributed by atoms with Gasteiger partial charge in [-0.15, -0.1) is 0 Å². The molecule has 0 aromatic heterocycles. The maximum absolute atomic E-state index is 10.8. The van der Waals surface area contributed by atoms with Gasteiger partial charge in [-0.05, 0) is 5.92 Å². The van der Waals surface area contributed by atoms with Gasteiger partial charge in [0, 0.05) is 0 Å². The van der Waals surface area contributed by atoms with Crippen molar-refractivity contribution in [2.45, 2.75) is 13.8 Å². The Morgan fingerprint density at radius 1 is 1.42 bits per heavy atom. The standard InChI is InChI=1S/C8H12O4/c1-5(2)4-6(7(9)10)8(11)12-3/h4-5H,1-3H3,(H,9,10)/b6-4+. The summed E-state index contributed by atoms with van der Waals surface area (Å²) >= 11 is 0. The van der Waals surface area contributed by atoms with Gasteiger partial charge in [-0.1, -0.05) is 19.9 Å². The molecule has 0 aromatic rings. The zero-order chi connectivity index (χ0) is 9.72. The first-order chi connectivity index (χ1) is 5.49. The highest BCUT2D eigenvalue weighted by Gasteiger charge is 2.17. The molecule has 0 bridgehead atoms. The molecule has 0 aliphatic carbocycles. The van der Waals surface area contributed by atoms with Gasteiger partial charge in [-0.25, -0.2) is 9.59 Å². The molecular formula is C8H12O4. The van der Waals surface area contributed by atoms with Crippen molar-refractivity contribution in [3.05, 3.63) is 11.6 Å². The number of carboxylic acid groups (broad SMARTS) is 1. The summed E-state index contributed by atoms with van der Waals surface area (Å²) < 4.78 is 4.29. The van der Waals surface area contributed by atoms with Gasteiger partial charge in [-0.3, -0.25) is 0 Å². The SMILES string of the molecule is COC(=O)/C(=C/C(C)C)C(=O)O. The predicted octanol–water partition coefficient (Wildman–Crippen LogP) is 0.826. The number of ether oxygens (including phenoxy) is 1. The van der Waals surface area contributed by atoms with E-state index in [4.69, 9.17) is 5.11 Å². The molecule has 0 saturated carbocycles. The van der Waals surface area contributed by atoms with Crippen molar-refractivity contribution >= 4 is 11.9 Å². The number of hydrogen-bond acceptors (Lipinski definition) is 3. The van der Waals surface area contributed by atoms with E-state index in [2.05, 4.69) is 4.74 Å². The molecule has 0 fully saturated rings. The molecule has 4 heteroatoms. The van der Waals surface area contributed by atoms with E-state index in [1.807, 2.05) is 0 Å². The number of esters is 1. The quantitative estimate of drug-likeness (QED) is 0.296. The van der Waals surface area contributed by atoms with Gasteiger partial charge in [0.1, 0.15) is 5.57 Å². The van der Waals surface area contributed by atoms with E-state index in [0.29, 0.717) is 0 Å². The molecule has 0 spiro atoms. The summed E-state index contributed by atoms with van der Waals surface area (Å²) in [6, 6.07) is 0. The van der Waals surface area contributed by atoms with Gasteiger partial charge in [0.2, 0.25) is 0 Å². The highest BCUT2D eigenvalue weighted by molar-refractivity contribution is 6.13. The number of carbonyl (C=O) groups excluding carboxylic acids is 1. The van der Waals surface area contributed by atoms with Crippen molar-refractivity contribution in [1.82, 2.24) is 0 Å². The molecule has 0 atom stereocenters. The van der Waals surface area contributed by atoms with Crippen LogP contribution in [-0.2, 0) is 14.3 Å². The smallest absolute Gasteiger partial charge is 0.344 e. The summed E-state index contributed by atoms with van der Waals surface area (Å²) in [6.45, 7) is 3.57. The number of carboxylic acids is 1. The van der Waals surface area contributed by atoms with Gasteiger partial charge < -0.3 is 9.84 Å². The number of methoxy groups -OCH3 is 1. The molecule has 0 aliphatic rings. The maximum Gasteiger partial charge on any atom is 0.344 e. The Labute approximate surface area is 70.8 Å². The van der Waals surface area contributed by atoms with Crippen LogP contribution in [0.3, 0.4) is 0 Å². The van der Waals surface area contributed by atoms with E-state index in [1.165, 1.54) is 6.08 Å². The van der Waals surface area contributed by atoms with Crippen LogP contribution in [0.4, 0.5) is 0 Å². The predicted molar refractivity (Wildman–Crippen MR) is 42.6 cm³/mol. The number of rotatable bonds is 3. The van der Waals surface area contributed by atoms with E-state index >= 15 is 0 Å². The summed E-state index contributed by atoms with van der Waals surface area (Å²) in [5, 5.41) is 8.55.